The predicted octanol–water partition coefficient (Wildman–Crippen LogP) is 1.83. The van der Waals surface area contributed by atoms with Gasteiger partial charge in [0, 0.05) is 10.7 Å². The molecule has 0 bridgehead atoms. The summed E-state index contributed by atoms with van der Waals surface area (Å²) in [4.78, 5) is 26.1. The van der Waals surface area contributed by atoms with Crippen molar-refractivity contribution in [3.8, 4) is 0 Å². The number of hydrogen-bond donors (Lipinski definition) is 2. The lowest BCUT2D eigenvalue weighted by atomic mass is 9.86. The highest BCUT2D eigenvalue weighted by Gasteiger charge is 2.54. The first kappa shape index (κ1) is 13.4. The van der Waals surface area contributed by atoms with E-state index in [0.29, 0.717) is 17.9 Å². The first-order chi connectivity index (χ1) is 9.54. The van der Waals surface area contributed by atoms with Crippen LogP contribution in [0.15, 0.2) is 18.2 Å². The number of aryl methyl sites for hydroxylation is 1. The molecule has 2 heterocycles. The van der Waals surface area contributed by atoms with Gasteiger partial charge >= 0.3 is 6.03 Å². The van der Waals surface area contributed by atoms with Crippen LogP contribution < -0.4 is 15.5 Å². The molecule has 3 rings (SSSR count). The molecule has 20 heavy (non-hydrogen) atoms. The van der Waals surface area contributed by atoms with Gasteiger partial charge in [-0.15, -0.1) is 0 Å². The fourth-order valence-electron chi connectivity index (χ4n) is 3.07. The molecule has 0 atom stereocenters. The second-order valence-electron chi connectivity index (χ2n) is 5.31. The Kier molecular flexibility index (Phi) is 3.18. The van der Waals surface area contributed by atoms with Crippen molar-refractivity contribution in [1.82, 2.24) is 10.6 Å². The molecule has 6 heteroatoms. The number of anilines is 1. The molecule has 3 amide bonds. The first-order valence-electron chi connectivity index (χ1n) is 6.67. The molecule has 1 aromatic carbocycles. The van der Waals surface area contributed by atoms with E-state index < -0.39 is 5.54 Å². The summed E-state index contributed by atoms with van der Waals surface area (Å²) in [5.41, 5.74) is 0.876. The lowest BCUT2D eigenvalue weighted by Crippen LogP contribution is -2.56. The van der Waals surface area contributed by atoms with Crippen LogP contribution in [0.5, 0.6) is 0 Å². The molecule has 0 radical (unpaired) electrons. The van der Waals surface area contributed by atoms with Gasteiger partial charge in [-0.1, -0.05) is 11.6 Å². The number of amides is 3. The predicted molar refractivity (Wildman–Crippen MR) is 77.0 cm³/mol. The number of benzene rings is 1. The maximum Gasteiger partial charge on any atom is 0.329 e. The van der Waals surface area contributed by atoms with Crippen molar-refractivity contribution in [3.05, 3.63) is 28.8 Å². The summed E-state index contributed by atoms with van der Waals surface area (Å²) in [6.07, 6.45) is 1.24. The molecule has 0 aromatic heterocycles. The number of hydrogen-bond acceptors (Lipinski definition) is 3. The van der Waals surface area contributed by atoms with Crippen molar-refractivity contribution in [2.45, 2.75) is 25.3 Å². The minimum Gasteiger partial charge on any atom is -0.317 e. The molecule has 2 saturated heterocycles. The highest BCUT2D eigenvalue weighted by molar-refractivity contribution is 6.30. The summed E-state index contributed by atoms with van der Waals surface area (Å²) >= 11 is 5.97. The number of piperidine rings is 1. The van der Waals surface area contributed by atoms with E-state index in [9.17, 15) is 9.59 Å². The fraction of sp³-hybridized carbons (Fsp3) is 0.429. The topological polar surface area (TPSA) is 61.4 Å². The Morgan fingerprint density at radius 1 is 1.25 bits per heavy atom. The summed E-state index contributed by atoms with van der Waals surface area (Å²) in [6, 6.07) is 5.01. The van der Waals surface area contributed by atoms with E-state index in [2.05, 4.69) is 10.6 Å². The van der Waals surface area contributed by atoms with E-state index >= 15 is 0 Å². The maximum absolute atomic E-state index is 12.3. The molecule has 0 saturated carbocycles. The first-order valence-corrected chi connectivity index (χ1v) is 7.05. The van der Waals surface area contributed by atoms with Crippen LogP contribution in [0.1, 0.15) is 18.4 Å². The number of nitrogens with one attached hydrogen (secondary N) is 2. The van der Waals surface area contributed by atoms with Crippen LogP contribution in [-0.4, -0.2) is 30.6 Å². The zero-order chi connectivity index (χ0) is 14.3. The van der Waals surface area contributed by atoms with Crippen LogP contribution in [0.25, 0.3) is 0 Å². The summed E-state index contributed by atoms with van der Waals surface area (Å²) in [5, 5.41) is 6.30. The van der Waals surface area contributed by atoms with Gasteiger partial charge in [0.25, 0.3) is 5.91 Å². The Morgan fingerprint density at radius 3 is 2.60 bits per heavy atom. The van der Waals surface area contributed by atoms with Gasteiger partial charge in [0.1, 0.15) is 5.54 Å². The van der Waals surface area contributed by atoms with E-state index in [4.69, 9.17) is 11.6 Å². The Labute approximate surface area is 122 Å². The number of urea groups is 1. The maximum atomic E-state index is 12.3. The summed E-state index contributed by atoms with van der Waals surface area (Å²) in [7, 11) is 0. The van der Waals surface area contributed by atoms with Crippen molar-refractivity contribution in [2.75, 3.05) is 18.0 Å². The van der Waals surface area contributed by atoms with Gasteiger partial charge in [0.2, 0.25) is 0 Å². The molecule has 1 spiro atoms. The second-order valence-corrected chi connectivity index (χ2v) is 5.74. The Hall–Kier alpha value is -1.59. The summed E-state index contributed by atoms with van der Waals surface area (Å²) in [6.45, 7) is 3.35. The van der Waals surface area contributed by atoms with Crippen molar-refractivity contribution in [1.29, 1.82) is 0 Å². The van der Waals surface area contributed by atoms with Gasteiger partial charge in [0.05, 0.1) is 0 Å². The van der Waals surface area contributed by atoms with E-state index in [0.717, 1.165) is 24.3 Å². The van der Waals surface area contributed by atoms with Crippen LogP contribution in [0.3, 0.4) is 0 Å². The fourth-order valence-corrected chi connectivity index (χ4v) is 3.29. The third-order valence-corrected chi connectivity index (χ3v) is 4.34. The summed E-state index contributed by atoms with van der Waals surface area (Å²) in [5.74, 6) is -0.196. The molecule has 106 valence electrons. The molecule has 2 aliphatic rings. The zero-order valence-electron chi connectivity index (χ0n) is 11.2. The van der Waals surface area contributed by atoms with Gasteiger partial charge in [-0.25, -0.2) is 4.79 Å². The third-order valence-electron chi connectivity index (χ3n) is 4.10. The van der Waals surface area contributed by atoms with Gasteiger partial charge in [-0.2, -0.15) is 0 Å². The highest BCUT2D eigenvalue weighted by Crippen LogP contribution is 2.37. The number of carbonyl (C=O) groups excluding carboxylic acids is 2. The Balaban J connectivity index is 2.09. The van der Waals surface area contributed by atoms with E-state index in [-0.39, 0.29) is 11.9 Å². The number of rotatable bonds is 1. The average molecular weight is 294 g/mol. The van der Waals surface area contributed by atoms with Crippen molar-refractivity contribution in [2.24, 2.45) is 0 Å². The highest BCUT2D eigenvalue weighted by atomic mass is 35.5. The number of imide groups is 1. The van der Waals surface area contributed by atoms with Gasteiger partial charge < -0.3 is 5.32 Å². The van der Waals surface area contributed by atoms with E-state index in [1.54, 1.807) is 17.0 Å². The third kappa shape index (κ3) is 1.89. The lowest BCUT2D eigenvalue weighted by molar-refractivity contribution is -0.124. The zero-order valence-corrected chi connectivity index (χ0v) is 12.0. The Bertz CT molecular complexity index is 582. The molecule has 5 nitrogen and oxygen atoms in total. The molecular weight excluding hydrogens is 278 g/mol. The quantitative estimate of drug-likeness (QED) is 0.777. The lowest BCUT2D eigenvalue weighted by Gasteiger charge is -2.39. The van der Waals surface area contributed by atoms with Crippen LogP contribution >= 0.6 is 11.6 Å². The van der Waals surface area contributed by atoms with Gasteiger partial charge in [-0.3, -0.25) is 15.0 Å². The van der Waals surface area contributed by atoms with Crippen LogP contribution in [0.4, 0.5) is 10.5 Å². The van der Waals surface area contributed by atoms with E-state index in [1.807, 2.05) is 13.0 Å². The van der Waals surface area contributed by atoms with Crippen LogP contribution in [0, 0.1) is 6.92 Å². The van der Waals surface area contributed by atoms with Crippen molar-refractivity contribution >= 4 is 29.2 Å². The molecular formula is C14H16ClN3O2. The second kappa shape index (κ2) is 4.75. The molecule has 0 unspecified atom stereocenters. The SMILES string of the molecule is Cc1cc(Cl)ccc1N1C(=O)NC(=O)C12CCNCC2. The Morgan fingerprint density at radius 2 is 1.95 bits per heavy atom. The molecule has 0 aliphatic carbocycles. The molecule has 2 aliphatic heterocycles. The minimum absolute atomic E-state index is 0.196. The largest absolute Gasteiger partial charge is 0.329 e. The number of nitrogens with zero attached hydrogens (tertiary/aromatic N) is 1. The molecule has 2 N–H and O–H groups in total. The van der Waals surface area contributed by atoms with E-state index in [1.165, 1.54) is 0 Å². The normalized spacial score (nSPS) is 21.4. The van der Waals surface area contributed by atoms with Crippen LogP contribution in [0.2, 0.25) is 5.02 Å². The standard InChI is InChI=1S/C14H16ClN3O2/c1-9-8-10(15)2-3-11(9)18-13(20)17-12(19)14(18)4-6-16-7-5-14/h2-3,8,16H,4-7H2,1H3,(H,17,19,20). The number of carbonyl (C=O) groups is 2. The monoisotopic (exact) mass is 293 g/mol. The van der Waals surface area contributed by atoms with Gasteiger partial charge in [0.15, 0.2) is 0 Å². The van der Waals surface area contributed by atoms with Crippen LogP contribution in [-0.2, 0) is 4.79 Å². The van der Waals surface area contributed by atoms with Crippen molar-refractivity contribution < 1.29 is 9.59 Å². The smallest absolute Gasteiger partial charge is 0.317 e. The van der Waals surface area contributed by atoms with Gasteiger partial charge in [-0.05, 0) is 56.6 Å². The molecule has 1 aromatic rings. The molecule has 2 fully saturated rings. The van der Waals surface area contributed by atoms with Crippen molar-refractivity contribution in [3.63, 3.8) is 0 Å². The number of halogens is 1. The summed E-state index contributed by atoms with van der Waals surface area (Å²) < 4.78 is 0. The minimum atomic E-state index is -0.763. The average Bonchev–Trinajstić information content (AvgIpc) is 2.63.